The van der Waals surface area contributed by atoms with E-state index in [1.54, 1.807) is 22.9 Å². The number of nitrogens with zero attached hydrogens (tertiary/aromatic N) is 3. The van der Waals surface area contributed by atoms with Gasteiger partial charge in [0.25, 0.3) is 5.56 Å². The first-order chi connectivity index (χ1) is 18.4. The first-order valence-corrected chi connectivity index (χ1v) is 12.3. The second kappa shape index (κ2) is 10.6. The van der Waals surface area contributed by atoms with E-state index in [1.807, 2.05) is 37.3 Å². The predicted molar refractivity (Wildman–Crippen MR) is 145 cm³/mol. The van der Waals surface area contributed by atoms with Crippen molar-refractivity contribution in [3.63, 3.8) is 0 Å². The molecule has 1 fully saturated rings. The second-order valence-corrected chi connectivity index (χ2v) is 9.25. The van der Waals surface area contributed by atoms with Crippen LogP contribution >= 0.6 is 0 Å². The SMILES string of the molecule is COC(=O)C#CC1CC1CCn1ccc(Oc2ccc(Nc3ncnc4ccc(N)cc34)cc2C)cc1=O. The van der Waals surface area contributed by atoms with Crippen molar-refractivity contribution in [1.29, 1.82) is 0 Å². The highest BCUT2D eigenvalue weighted by molar-refractivity contribution is 5.92. The Balaban J connectivity index is 1.21. The number of anilines is 3. The molecule has 0 aliphatic heterocycles. The van der Waals surface area contributed by atoms with E-state index in [0.717, 1.165) is 35.0 Å². The minimum absolute atomic E-state index is 0.133. The summed E-state index contributed by atoms with van der Waals surface area (Å²) in [5, 5.41) is 4.15. The maximum Gasteiger partial charge on any atom is 0.384 e. The fourth-order valence-corrected chi connectivity index (χ4v) is 4.27. The molecule has 2 aromatic carbocycles. The number of rotatable bonds is 7. The summed E-state index contributed by atoms with van der Waals surface area (Å²) < 4.78 is 12.2. The summed E-state index contributed by atoms with van der Waals surface area (Å²) in [5.74, 6) is 7.26. The van der Waals surface area contributed by atoms with Crippen molar-refractivity contribution >= 4 is 34.1 Å². The number of benzene rings is 2. The van der Waals surface area contributed by atoms with Gasteiger partial charge in [-0.15, -0.1) is 0 Å². The number of hydrogen-bond acceptors (Lipinski definition) is 8. The van der Waals surface area contributed by atoms with Crippen molar-refractivity contribution in [2.75, 3.05) is 18.2 Å². The number of ether oxygens (including phenoxy) is 2. The normalized spacial score (nSPS) is 15.8. The number of nitrogens with one attached hydrogen (secondary N) is 1. The fraction of sp³-hybridized carbons (Fsp3) is 0.241. The fourth-order valence-electron chi connectivity index (χ4n) is 4.27. The Labute approximate surface area is 219 Å². The summed E-state index contributed by atoms with van der Waals surface area (Å²) in [7, 11) is 1.31. The zero-order chi connectivity index (χ0) is 26.6. The van der Waals surface area contributed by atoms with E-state index in [0.29, 0.717) is 35.5 Å². The van der Waals surface area contributed by atoms with Crippen LogP contribution < -0.4 is 21.3 Å². The Morgan fingerprint density at radius 3 is 2.84 bits per heavy atom. The number of fused-ring (bicyclic) bond motifs is 1. The molecule has 4 aromatic rings. The molecule has 0 radical (unpaired) electrons. The van der Waals surface area contributed by atoms with Gasteiger partial charge >= 0.3 is 5.97 Å². The van der Waals surface area contributed by atoms with Crippen LogP contribution in [0, 0.1) is 30.6 Å². The van der Waals surface area contributed by atoms with Gasteiger partial charge in [-0.2, -0.15) is 0 Å². The lowest BCUT2D eigenvalue weighted by Gasteiger charge is -2.13. The van der Waals surface area contributed by atoms with Crippen LogP contribution in [0.3, 0.4) is 0 Å². The van der Waals surface area contributed by atoms with E-state index in [4.69, 9.17) is 10.5 Å². The minimum Gasteiger partial charge on any atom is -0.459 e. The lowest BCUT2D eigenvalue weighted by atomic mass is 10.2. The number of aryl methyl sites for hydroxylation is 2. The van der Waals surface area contributed by atoms with Crippen LogP contribution in [0.25, 0.3) is 10.9 Å². The lowest BCUT2D eigenvalue weighted by Crippen LogP contribution is -2.18. The number of methoxy groups -OCH3 is 1. The molecule has 1 aliphatic carbocycles. The minimum atomic E-state index is -0.520. The van der Waals surface area contributed by atoms with Crippen LogP contribution in [-0.4, -0.2) is 27.6 Å². The molecular weight excluding hydrogens is 482 g/mol. The van der Waals surface area contributed by atoms with Gasteiger partial charge in [0.1, 0.15) is 23.6 Å². The number of pyridine rings is 1. The summed E-state index contributed by atoms with van der Waals surface area (Å²) in [6.45, 7) is 2.52. The van der Waals surface area contributed by atoms with Crippen LogP contribution in [0.5, 0.6) is 11.5 Å². The number of carbonyl (C=O) groups excluding carboxylic acids is 1. The third kappa shape index (κ3) is 5.76. The van der Waals surface area contributed by atoms with Crippen LogP contribution in [0.2, 0.25) is 0 Å². The maximum atomic E-state index is 12.6. The number of nitrogens with two attached hydrogens (primary N) is 1. The highest BCUT2D eigenvalue weighted by Gasteiger charge is 2.35. The predicted octanol–water partition coefficient (Wildman–Crippen LogP) is 4.42. The summed E-state index contributed by atoms with van der Waals surface area (Å²) in [6, 6.07) is 14.5. The molecule has 9 nitrogen and oxygen atoms in total. The standard InChI is InChI=1S/C29H27N5O4/c1-18-13-22(33-29-24-15-21(30)4-6-25(24)31-17-32-29)5-7-26(18)38-23-10-12-34(27(35)16-23)11-9-20-14-19(20)3-8-28(36)37-2/h4-7,10,12-13,15-17,19-20H,9,11,14,30H2,1-2H3,(H,31,32,33). The molecule has 38 heavy (non-hydrogen) atoms. The van der Waals surface area contributed by atoms with Gasteiger partial charge in [0, 0.05) is 47.4 Å². The first-order valence-electron chi connectivity index (χ1n) is 12.3. The molecule has 1 aliphatic rings. The van der Waals surface area contributed by atoms with Crippen LogP contribution in [0.4, 0.5) is 17.2 Å². The number of nitrogen functional groups attached to an aromatic ring is 1. The van der Waals surface area contributed by atoms with E-state index in [-0.39, 0.29) is 11.5 Å². The van der Waals surface area contributed by atoms with Gasteiger partial charge in [-0.1, -0.05) is 5.92 Å². The monoisotopic (exact) mass is 509 g/mol. The molecule has 2 aromatic heterocycles. The molecule has 2 heterocycles. The quantitative estimate of drug-likeness (QED) is 0.163. The molecule has 5 rings (SSSR count). The van der Waals surface area contributed by atoms with Gasteiger partial charge in [-0.05, 0) is 73.7 Å². The number of carbonyl (C=O) groups is 1. The molecule has 0 amide bonds. The average molecular weight is 510 g/mol. The van der Waals surface area contributed by atoms with Gasteiger partial charge in [0.2, 0.25) is 0 Å². The molecular formula is C29H27N5O4. The molecule has 3 N–H and O–H groups in total. The Morgan fingerprint density at radius 1 is 1.18 bits per heavy atom. The summed E-state index contributed by atoms with van der Waals surface area (Å²) in [4.78, 5) is 32.4. The smallest absolute Gasteiger partial charge is 0.384 e. The average Bonchev–Trinajstić information content (AvgIpc) is 3.67. The third-order valence-electron chi connectivity index (χ3n) is 6.50. The van der Waals surface area contributed by atoms with E-state index >= 15 is 0 Å². The Hall–Kier alpha value is -4.84. The maximum absolute atomic E-state index is 12.6. The van der Waals surface area contributed by atoms with Gasteiger partial charge in [0.05, 0.1) is 12.6 Å². The molecule has 192 valence electrons. The Kier molecular flexibility index (Phi) is 6.96. The van der Waals surface area contributed by atoms with Crippen molar-refractivity contribution in [3.8, 4) is 23.3 Å². The number of hydrogen-bond donors (Lipinski definition) is 2. The molecule has 0 saturated heterocycles. The van der Waals surface area contributed by atoms with Crippen LogP contribution in [-0.2, 0) is 16.1 Å². The summed E-state index contributed by atoms with van der Waals surface area (Å²) in [6.07, 6.45) is 5.01. The molecule has 2 unspecified atom stereocenters. The van der Waals surface area contributed by atoms with Crippen LogP contribution in [0.15, 0.2) is 65.8 Å². The molecule has 0 bridgehead atoms. The Morgan fingerprint density at radius 2 is 2.05 bits per heavy atom. The van der Waals surface area contributed by atoms with Crippen molar-refractivity contribution in [3.05, 3.63) is 77.0 Å². The highest BCUT2D eigenvalue weighted by Crippen LogP contribution is 2.40. The summed E-state index contributed by atoms with van der Waals surface area (Å²) in [5.41, 5.74) is 8.98. The topological polar surface area (TPSA) is 121 Å². The van der Waals surface area contributed by atoms with Gasteiger partial charge in [0.15, 0.2) is 0 Å². The van der Waals surface area contributed by atoms with Gasteiger partial charge in [-0.25, -0.2) is 14.8 Å². The van der Waals surface area contributed by atoms with E-state index in [9.17, 15) is 9.59 Å². The van der Waals surface area contributed by atoms with Crippen molar-refractivity contribution < 1.29 is 14.3 Å². The number of aromatic nitrogens is 3. The van der Waals surface area contributed by atoms with Crippen LogP contribution in [0.1, 0.15) is 18.4 Å². The van der Waals surface area contributed by atoms with E-state index in [1.165, 1.54) is 19.5 Å². The largest absolute Gasteiger partial charge is 0.459 e. The van der Waals surface area contributed by atoms with Crippen molar-refractivity contribution in [2.24, 2.45) is 11.8 Å². The lowest BCUT2D eigenvalue weighted by molar-refractivity contribution is -0.133. The van der Waals surface area contributed by atoms with Gasteiger partial charge in [-0.3, -0.25) is 4.79 Å². The zero-order valence-corrected chi connectivity index (χ0v) is 21.1. The second-order valence-electron chi connectivity index (χ2n) is 9.25. The third-order valence-corrected chi connectivity index (χ3v) is 6.50. The van der Waals surface area contributed by atoms with Gasteiger partial charge < -0.3 is 25.1 Å². The molecule has 0 spiro atoms. The van der Waals surface area contributed by atoms with Crippen molar-refractivity contribution in [2.45, 2.75) is 26.3 Å². The number of esters is 1. The molecule has 1 saturated carbocycles. The first kappa shape index (κ1) is 24.8. The Bertz CT molecular complexity index is 1640. The van der Waals surface area contributed by atoms with E-state index in [2.05, 4.69) is 31.9 Å². The highest BCUT2D eigenvalue weighted by atomic mass is 16.5. The molecule has 2 atom stereocenters. The molecule has 9 heteroatoms. The van der Waals surface area contributed by atoms with E-state index < -0.39 is 5.97 Å². The van der Waals surface area contributed by atoms with Crippen molar-refractivity contribution in [1.82, 2.24) is 14.5 Å². The zero-order valence-electron chi connectivity index (χ0n) is 21.1. The summed E-state index contributed by atoms with van der Waals surface area (Å²) >= 11 is 0.